The molecule has 19 heteroatoms. The van der Waals surface area contributed by atoms with E-state index >= 15 is 0 Å². The first kappa shape index (κ1) is 89.1. The Kier molecular flexibility index (Phi) is 60.3. The molecule has 0 aliphatic rings. The number of rotatable bonds is 69. The van der Waals surface area contributed by atoms with Crippen molar-refractivity contribution in [2.24, 2.45) is 23.7 Å². The standard InChI is InChI=1S/C72H140O17P2/c1-9-64(7)50-42-34-26-20-17-18-21-27-36-44-52-69(74)82-58-67(89-72(77)55-47-39-29-23-25-33-41-49-63(5)6)60-86-90(78,79)84-56-66(73)57-85-91(80,81)87-61-68(59-83-70(75)53-45-37-31-30-35-43-51-65(8)10-2)88-71(76)54-46-38-28-22-16-14-12-11-13-15-19-24-32-40-48-62(3)4/h62-68,73H,9-61H2,1-8H3,(H,78,79)(H,80,81)/t64?,65?,66-,67-,68-/m1/s1. The molecule has 0 heterocycles. The molecule has 0 aromatic carbocycles. The molecule has 0 rings (SSSR count). The summed E-state index contributed by atoms with van der Waals surface area (Å²) in [5.74, 6) is 0.902. The number of aliphatic hydroxyl groups excluding tert-OH is 1. The van der Waals surface area contributed by atoms with Crippen LogP contribution >= 0.6 is 15.6 Å². The highest BCUT2D eigenvalue weighted by Gasteiger charge is 2.30. The van der Waals surface area contributed by atoms with Crippen molar-refractivity contribution in [3.8, 4) is 0 Å². The molecule has 3 N–H and O–H groups in total. The summed E-state index contributed by atoms with van der Waals surface area (Å²) in [6, 6.07) is 0. The number of carbonyl (C=O) groups is 4. The summed E-state index contributed by atoms with van der Waals surface area (Å²) in [6.45, 7) is 14.1. The van der Waals surface area contributed by atoms with Crippen molar-refractivity contribution in [1.29, 1.82) is 0 Å². The van der Waals surface area contributed by atoms with Crippen molar-refractivity contribution in [3.63, 3.8) is 0 Å². The van der Waals surface area contributed by atoms with Gasteiger partial charge in [0.1, 0.15) is 19.3 Å². The molecule has 540 valence electrons. The first-order valence-electron chi connectivity index (χ1n) is 37.3. The average Bonchev–Trinajstić information content (AvgIpc) is 3.01. The molecule has 0 fully saturated rings. The monoisotopic (exact) mass is 1340 g/mol. The van der Waals surface area contributed by atoms with Gasteiger partial charge in [-0.25, -0.2) is 9.13 Å². The van der Waals surface area contributed by atoms with Crippen molar-refractivity contribution in [3.05, 3.63) is 0 Å². The molecule has 0 amide bonds. The van der Waals surface area contributed by atoms with Crippen LogP contribution in [0, 0.1) is 23.7 Å². The Morgan fingerprint density at radius 1 is 0.308 bits per heavy atom. The fourth-order valence-electron chi connectivity index (χ4n) is 10.8. The number of esters is 4. The number of carbonyl (C=O) groups excluding carboxylic acids is 4. The molecular weight excluding hydrogens is 1200 g/mol. The highest BCUT2D eigenvalue weighted by Crippen LogP contribution is 2.45. The van der Waals surface area contributed by atoms with Crippen LogP contribution in [0.2, 0.25) is 0 Å². The van der Waals surface area contributed by atoms with Gasteiger partial charge in [0.05, 0.1) is 26.4 Å². The quantitative estimate of drug-likeness (QED) is 0.0222. The lowest BCUT2D eigenvalue weighted by Gasteiger charge is -2.21. The van der Waals surface area contributed by atoms with Gasteiger partial charge in [-0.15, -0.1) is 0 Å². The van der Waals surface area contributed by atoms with E-state index in [4.69, 9.17) is 37.0 Å². The van der Waals surface area contributed by atoms with E-state index in [-0.39, 0.29) is 25.7 Å². The smallest absolute Gasteiger partial charge is 0.462 e. The Bertz CT molecular complexity index is 1800. The molecule has 0 aliphatic carbocycles. The van der Waals surface area contributed by atoms with E-state index in [0.29, 0.717) is 31.6 Å². The maximum absolute atomic E-state index is 13.0. The summed E-state index contributed by atoms with van der Waals surface area (Å²) in [5.41, 5.74) is 0. The molecule has 7 atom stereocenters. The van der Waals surface area contributed by atoms with Gasteiger partial charge in [0, 0.05) is 25.7 Å². The minimum Gasteiger partial charge on any atom is -0.462 e. The van der Waals surface area contributed by atoms with Crippen LogP contribution in [-0.2, 0) is 65.4 Å². The first-order chi connectivity index (χ1) is 43.7. The molecule has 0 aromatic heterocycles. The SMILES string of the molecule is CCC(C)CCCCCCCCCCCCC(=O)OC[C@H](COP(=O)(O)OC[C@@H](O)COP(=O)(O)OC[C@@H](COC(=O)CCCCCCCCC(C)CC)OC(=O)CCCCCCCCCCCCCCCCC(C)C)OC(=O)CCCCCCCCCC(C)C. The highest BCUT2D eigenvalue weighted by molar-refractivity contribution is 7.47. The van der Waals surface area contributed by atoms with Gasteiger partial charge in [0.2, 0.25) is 0 Å². The Morgan fingerprint density at radius 3 is 0.780 bits per heavy atom. The summed E-state index contributed by atoms with van der Waals surface area (Å²) in [4.78, 5) is 72.6. The number of hydrogen-bond donors (Lipinski definition) is 3. The van der Waals surface area contributed by atoms with Crippen molar-refractivity contribution >= 4 is 39.5 Å². The number of aliphatic hydroxyl groups is 1. The van der Waals surface area contributed by atoms with Crippen LogP contribution < -0.4 is 0 Å². The van der Waals surface area contributed by atoms with Gasteiger partial charge in [-0.2, -0.15) is 0 Å². The lowest BCUT2D eigenvalue weighted by Crippen LogP contribution is -2.30. The van der Waals surface area contributed by atoms with Crippen LogP contribution in [0.25, 0.3) is 0 Å². The van der Waals surface area contributed by atoms with Crippen LogP contribution in [0.3, 0.4) is 0 Å². The molecular formula is C72H140O17P2. The van der Waals surface area contributed by atoms with E-state index < -0.39 is 97.5 Å². The number of hydrogen-bond acceptors (Lipinski definition) is 15. The summed E-state index contributed by atoms with van der Waals surface area (Å²) in [6.07, 6.45) is 44.5. The van der Waals surface area contributed by atoms with Crippen LogP contribution in [0.5, 0.6) is 0 Å². The fourth-order valence-corrected chi connectivity index (χ4v) is 12.4. The third-order valence-corrected chi connectivity index (χ3v) is 19.2. The molecule has 17 nitrogen and oxygen atoms in total. The topological polar surface area (TPSA) is 237 Å². The zero-order chi connectivity index (χ0) is 67.5. The molecule has 4 unspecified atom stereocenters. The van der Waals surface area contributed by atoms with Crippen LogP contribution in [0.4, 0.5) is 0 Å². The largest absolute Gasteiger partial charge is 0.472 e. The highest BCUT2D eigenvalue weighted by atomic mass is 31.2. The lowest BCUT2D eigenvalue weighted by atomic mass is 9.99. The number of unbranched alkanes of at least 4 members (excludes halogenated alkanes) is 33. The van der Waals surface area contributed by atoms with Crippen LogP contribution in [0.1, 0.15) is 357 Å². The molecule has 0 bridgehead atoms. The summed E-state index contributed by atoms with van der Waals surface area (Å²) in [5, 5.41) is 10.6. The average molecular weight is 1340 g/mol. The van der Waals surface area contributed by atoms with E-state index in [2.05, 4.69) is 55.4 Å². The second-order valence-electron chi connectivity index (χ2n) is 27.4. The van der Waals surface area contributed by atoms with Crippen molar-refractivity contribution < 1.29 is 80.2 Å². The van der Waals surface area contributed by atoms with Crippen molar-refractivity contribution in [1.82, 2.24) is 0 Å². The minimum absolute atomic E-state index is 0.103. The van der Waals surface area contributed by atoms with E-state index in [1.165, 1.54) is 154 Å². The van der Waals surface area contributed by atoms with Crippen molar-refractivity contribution in [2.45, 2.75) is 375 Å². The van der Waals surface area contributed by atoms with E-state index in [0.717, 1.165) is 114 Å². The summed E-state index contributed by atoms with van der Waals surface area (Å²) in [7, 11) is -9.91. The van der Waals surface area contributed by atoms with E-state index in [1.807, 2.05) is 0 Å². The zero-order valence-electron chi connectivity index (χ0n) is 59.5. The second kappa shape index (κ2) is 61.6. The van der Waals surface area contributed by atoms with Gasteiger partial charge in [-0.05, 0) is 49.4 Å². The normalized spacial score (nSPS) is 14.8. The molecule has 0 spiro atoms. The predicted octanol–water partition coefficient (Wildman–Crippen LogP) is 20.5. The third-order valence-electron chi connectivity index (χ3n) is 17.3. The van der Waals surface area contributed by atoms with Gasteiger partial charge < -0.3 is 33.8 Å². The van der Waals surface area contributed by atoms with Gasteiger partial charge in [-0.1, -0.05) is 306 Å². The van der Waals surface area contributed by atoms with Gasteiger partial charge in [-0.3, -0.25) is 37.3 Å². The fraction of sp³-hybridized carbons (Fsp3) is 0.944. The predicted molar refractivity (Wildman–Crippen MR) is 367 cm³/mol. The Hall–Kier alpha value is -1.94. The van der Waals surface area contributed by atoms with Gasteiger partial charge in [0.25, 0.3) is 0 Å². The van der Waals surface area contributed by atoms with E-state index in [9.17, 15) is 43.2 Å². The molecule has 0 saturated carbocycles. The van der Waals surface area contributed by atoms with E-state index in [1.54, 1.807) is 0 Å². The lowest BCUT2D eigenvalue weighted by molar-refractivity contribution is -0.161. The molecule has 91 heavy (non-hydrogen) atoms. The maximum atomic E-state index is 13.0. The second-order valence-corrected chi connectivity index (χ2v) is 30.3. The van der Waals surface area contributed by atoms with Crippen LogP contribution in [-0.4, -0.2) is 96.7 Å². The number of phosphoric acid groups is 2. The number of ether oxygens (including phenoxy) is 4. The number of phosphoric ester groups is 2. The zero-order valence-corrected chi connectivity index (χ0v) is 61.3. The Labute approximate surface area is 556 Å². The minimum atomic E-state index is -4.95. The third kappa shape index (κ3) is 63.9. The molecule has 0 aliphatic heterocycles. The maximum Gasteiger partial charge on any atom is 0.472 e. The van der Waals surface area contributed by atoms with Crippen LogP contribution in [0.15, 0.2) is 0 Å². The Balaban J connectivity index is 5.23. The molecule has 0 aromatic rings. The van der Waals surface area contributed by atoms with Gasteiger partial charge in [0.15, 0.2) is 12.2 Å². The molecule has 0 radical (unpaired) electrons. The van der Waals surface area contributed by atoms with Gasteiger partial charge >= 0.3 is 39.5 Å². The Morgan fingerprint density at radius 2 is 0.527 bits per heavy atom. The summed E-state index contributed by atoms with van der Waals surface area (Å²) >= 11 is 0. The first-order valence-corrected chi connectivity index (χ1v) is 40.3. The van der Waals surface area contributed by atoms with Crippen molar-refractivity contribution in [2.75, 3.05) is 39.6 Å². The summed E-state index contributed by atoms with van der Waals surface area (Å²) < 4.78 is 68.3. The molecule has 0 saturated heterocycles.